The SMILES string of the molecule is COc1cc(C(C=O)(OO)c2ccc(OC)c(O[Si](C)(C)C(C)(C)C)c2O[Si](C)(C)C(C)(C)C)cc(OC)c1OC. The lowest BCUT2D eigenvalue weighted by atomic mass is 9.86. The van der Waals surface area contributed by atoms with Crippen LogP contribution in [0.5, 0.6) is 34.5 Å². The third-order valence-corrected chi connectivity index (χ3v) is 17.1. The van der Waals surface area contributed by atoms with Crippen molar-refractivity contribution in [2.45, 2.75) is 83.4 Å². The van der Waals surface area contributed by atoms with Crippen molar-refractivity contribution in [2.75, 3.05) is 28.4 Å². The third kappa shape index (κ3) is 6.53. The summed E-state index contributed by atoms with van der Waals surface area (Å²) >= 11 is 0. The van der Waals surface area contributed by atoms with Gasteiger partial charge >= 0.3 is 0 Å². The topological polar surface area (TPSA) is 102 Å². The first kappa shape index (κ1) is 34.5. The molecular weight excluding hydrogens is 560 g/mol. The highest BCUT2D eigenvalue weighted by molar-refractivity contribution is 6.75. The summed E-state index contributed by atoms with van der Waals surface area (Å²) in [4.78, 5) is 18.3. The molecule has 2 rings (SSSR count). The molecule has 0 aliphatic rings. The summed E-state index contributed by atoms with van der Waals surface area (Å²) < 4.78 is 36.1. The van der Waals surface area contributed by atoms with Crippen molar-refractivity contribution in [2.24, 2.45) is 0 Å². The number of methoxy groups -OCH3 is 4. The smallest absolute Gasteiger partial charge is 0.250 e. The van der Waals surface area contributed by atoms with E-state index in [1.54, 1.807) is 31.4 Å². The highest BCUT2D eigenvalue weighted by atomic mass is 28.4. The van der Waals surface area contributed by atoms with Crippen LogP contribution in [0.25, 0.3) is 0 Å². The van der Waals surface area contributed by atoms with Crippen molar-refractivity contribution in [3.05, 3.63) is 35.4 Å². The molecule has 0 aliphatic carbocycles. The minimum atomic E-state index is -2.56. The molecule has 0 fully saturated rings. The number of aldehydes is 1. The van der Waals surface area contributed by atoms with E-state index in [1.165, 1.54) is 21.3 Å². The average molecular weight is 609 g/mol. The number of hydrogen-bond donors (Lipinski definition) is 1. The van der Waals surface area contributed by atoms with Gasteiger partial charge in [0.25, 0.3) is 16.6 Å². The zero-order valence-electron chi connectivity index (χ0n) is 27.1. The van der Waals surface area contributed by atoms with E-state index in [1.807, 2.05) is 0 Å². The van der Waals surface area contributed by atoms with Crippen LogP contribution in [0.1, 0.15) is 52.7 Å². The van der Waals surface area contributed by atoms with Crippen molar-refractivity contribution >= 4 is 22.9 Å². The second-order valence-corrected chi connectivity index (χ2v) is 22.5. The van der Waals surface area contributed by atoms with Gasteiger partial charge in [0, 0.05) is 11.1 Å². The number of hydrogen-bond acceptors (Lipinski definition) is 9. The second kappa shape index (κ2) is 12.2. The van der Waals surface area contributed by atoms with Crippen molar-refractivity contribution in [1.82, 2.24) is 0 Å². The fourth-order valence-electron chi connectivity index (χ4n) is 3.72. The van der Waals surface area contributed by atoms with Gasteiger partial charge in [0.1, 0.15) is 0 Å². The van der Waals surface area contributed by atoms with Gasteiger partial charge in [-0.3, -0.25) is 10.1 Å². The predicted octanol–water partition coefficient (Wildman–Crippen LogP) is 7.42. The molecule has 0 spiro atoms. The molecule has 0 amide bonds. The maximum atomic E-state index is 13.1. The minimum absolute atomic E-state index is 0.159. The van der Waals surface area contributed by atoms with Crippen LogP contribution in [-0.2, 0) is 15.3 Å². The van der Waals surface area contributed by atoms with E-state index < -0.39 is 22.2 Å². The van der Waals surface area contributed by atoms with Gasteiger partial charge in [-0.1, -0.05) is 41.5 Å². The first-order valence-corrected chi connectivity index (χ1v) is 19.3. The summed E-state index contributed by atoms with van der Waals surface area (Å²) in [5.41, 5.74) is -1.58. The summed E-state index contributed by atoms with van der Waals surface area (Å²) in [5.74, 6) is 1.96. The third-order valence-electron chi connectivity index (χ3n) is 8.43. The number of carbonyl (C=O) groups is 1. The van der Waals surface area contributed by atoms with E-state index >= 15 is 0 Å². The average Bonchev–Trinajstić information content (AvgIpc) is 2.88. The molecule has 2 aromatic carbocycles. The van der Waals surface area contributed by atoms with Gasteiger partial charge < -0.3 is 27.8 Å². The van der Waals surface area contributed by atoms with E-state index in [9.17, 15) is 10.1 Å². The van der Waals surface area contributed by atoms with Crippen LogP contribution in [0.4, 0.5) is 0 Å². The van der Waals surface area contributed by atoms with Crippen molar-refractivity contribution in [3.8, 4) is 34.5 Å². The summed E-state index contributed by atoms with van der Waals surface area (Å²) in [7, 11) is 0.941. The van der Waals surface area contributed by atoms with Gasteiger partial charge in [0.05, 0.1) is 28.4 Å². The zero-order chi connectivity index (χ0) is 31.6. The van der Waals surface area contributed by atoms with E-state index in [0.29, 0.717) is 23.5 Å². The lowest BCUT2D eigenvalue weighted by Crippen LogP contribution is -2.46. The molecule has 1 unspecified atom stereocenters. The Hall–Kier alpha value is -2.74. The molecule has 0 radical (unpaired) electrons. The molecule has 0 saturated carbocycles. The summed E-state index contributed by atoms with van der Waals surface area (Å²) in [6.45, 7) is 21.1. The van der Waals surface area contributed by atoms with Crippen molar-refractivity contribution < 1.29 is 42.7 Å². The minimum Gasteiger partial charge on any atom is -0.541 e. The quantitative estimate of drug-likeness (QED) is 0.114. The first-order chi connectivity index (χ1) is 18.8. The monoisotopic (exact) mass is 608 g/mol. The Morgan fingerprint density at radius 1 is 0.659 bits per heavy atom. The van der Waals surface area contributed by atoms with E-state index in [4.69, 9.17) is 32.7 Å². The maximum absolute atomic E-state index is 13.1. The highest BCUT2D eigenvalue weighted by Gasteiger charge is 2.48. The van der Waals surface area contributed by atoms with Gasteiger partial charge in [0.2, 0.25) is 11.4 Å². The van der Waals surface area contributed by atoms with Crippen LogP contribution in [0, 0.1) is 0 Å². The van der Waals surface area contributed by atoms with Crippen molar-refractivity contribution in [1.29, 1.82) is 0 Å². The van der Waals surface area contributed by atoms with Crippen LogP contribution in [0.15, 0.2) is 24.3 Å². The van der Waals surface area contributed by atoms with Gasteiger partial charge in [-0.15, -0.1) is 0 Å². The second-order valence-electron chi connectivity index (χ2n) is 13.1. The first-order valence-electron chi connectivity index (χ1n) is 13.5. The van der Waals surface area contributed by atoms with Crippen LogP contribution >= 0.6 is 0 Å². The number of carbonyl (C=O) groups excluding carboxylic acids is 1. The molecule has 0 aromatic heterocycles. The van der Waals surface area contributed by atoms with Crippen LogP contribution in [0.2, 0.25) is 36.3 Å². The Labute approximate surface area is 247 Å². The molecule has 0 heterocycles. The van der Waals surface area contributed by atoms with Gasteiger partial charge in [-0.25, -0.2) is 4.89 Å². The number of rotatable bonds is 12. The molecule has 11 heteroatoms. The van der Waals surface area contributed by atoms with E-state index in [-0.39, 0.29) is 38.5 Å². The normalized spacial score (nSPS) is 14.1. The molecule has 41 heavy (non-hydrogen) atoms. The molecule has 2 aromatic rings. The number of ether oxygens (including phenoxy) is 4. The van der Waals surface area contributed by atoms with E-state index in [0.717, 1.165) is 0 Å². The maximum Gasteiger partial charge on any atom is 0.250 e. The Morgan fingerprint density at radius 2 is 1.10 bits per heavy atom. The largest absolute Gasteiger partial charge is 0.541 e. The Bertz CT molecular complexity index is 1200. The lowest BCUT2D eigenvalue weighted by molar-refractivity contribution is -0.300. The molecule has 0 aliphatic heterocycles. The van der Waals surface area contributed by atoms with Crippen molar-refractivity contribution in [3.63, 3.8) is 0 Å². The molecule has 0 bridgehead atoms. The standard InChI is InChI=1S/C30H48O9Si2/c1-28(2,3)40(11,12)37-25-21(15-16-22(33-7)27(25)38-41(13,14)29(4,5)6)30(19-31,39-32)20-17-23(34-8)26(36-10)24(18-20)35-9/h15-19,32H,1-14H3. The molecule has 230 valence electrons. The highest BCUT2D eigenvalue weighted by Crippen LogP contribution is 2.53. The van der Waals surface area contributed by atoms with Gasteiger partial charge in [-0.2, -0.15) is 0 Å². The fraction of sp³-hybridized carbons (Fsp3) is 0.567. The zero-order valence-corrected chi connectivity index (χ0v) is 29.1. The van der Waals surface area contributed by atoms with Gasteiger partial charge in [0.15, 0.2) is 35.0 Å². The summed E-state index contributed by atoms with van der Waals surface area (Å²) in [5, 5.41) is 10.2. The molecule has 1 atom stereocenters. The van der Waals surface area contributed by atoms with E-state index in [2.05, 4.69) is 67.7 Å². The fourth-order valence-corrected chi connectivity index (χ4v) is 5.75. The van der Waals surface area contributed by atoms with Crippen LogP contribution < -0.4 is 27.8 Å². The van der Waals surface area contributed by atoms with Crippen LogP contribution in [-0.4, -0.2) is 56.6 Å². The van der Waals surface area contributed by atoms with Gasteiger partial charge in [-0.05, 0) is 60.5 Å². The predicted molar refractivity (Wildman–Crippen MR) is 165 cm³/mol. The Morgan fingerprint density at radius 3 is 1.44 bits per heavy atom. The lowest BCUT2D eigenvalue weighted by Gasteiger charge is -2.41. The Kier molecular flexibility index (Phi) is 10.3. The molecule has 1 N–H and O–H groups in total. The molecule has 0 saturated heterocycles. The summed E-state index contributed by atoms with van der Waals surface area (Å²) in [6, 6.07) is 6.44. The summed E-state index contributed by atoms with van der Waals surface area (Å²) in [6.07, 6.45) is 0.518. The van der Waals surface area contributed by atoms with Crippen LogP contribution in [0.3, 0.4) is 0 Å². The molecule has 9 nitrogen and oxygen atoms in total. The Balaban J connectivity index is 3.11. The molecular formula is C30H48O9Si2. The number of benzene rings is 2.